The maximum Gasteiger partial charge on any atom is 0.0294 e. The molecular formula is C18H23N. The van der Waals surface area contributed by atoms with Crippen LogP contribution in [-0.4, -0.2) is 0 Å². The van der Waals surface area contributed by atoms with Crippen LogP contribution in [0.25, 0.3) is 0 Å². The average Bonchev–Trinajstić information content (AvgIpc) is 2.40. The maximum absolute atomic E-state index is 3.58. The number of hydrogen-bond acceptors (Lipinski definition) is 1. The van der Waals surface area contributed by atoms with E-state index in [2.05, 4.69) is 75.5 Å². The van der Waals surface area contributed by atoms with Crippen molar-refractivity contribution in [3.8, 4) is 0 Å². The molecule has 0 bridgehead atoms. The van der Waals surface area contributed by atoms with Crippen molar-refractivity contribution >= 4 is 0 Å². The summed E-state index contributed by atoms with van der Waals surface area (Å²) in [5, 5.41) is 3.58. The van der Waals surface area contributed by atoms with E-state index in [1.165, 1.54) is 27.8 Å². The molecule has 0 unspecified atom stereocenters. The molecule has 0 fully saturated rings. The minimum Gasteiger partial charge on any atom is -0.306 e. The highest BCUT2D eigenvalue weighted by molar-refractivity contribution is 5.30. The van der Waals surface area contributed by atoms with Crippen LogP contribution in [0.15, 0.2) is 42.5 Å². The van der Waals surface area contributed by atoms with E-state index in [9.17, 15) is 0 Å². The van der Waals surface area contributed by atoms with E-state index in [0.717, 1.165) is 6.54 Å². The van der Waals surface area contributed by atoms with E-state index in [1.54, 1.807) is 0 Å². The summed E-state index contributed by atoms with van der Waals surface area (Å²) in [5.74, 6) is 0. The molecule has 0 aliphatic heterocycles. The summed E-state index contributed by atoms with van der Waals surface area (Å²) in [6.45, 7) is 9.57. The summed E-state index contributed by atoms with van der Waals surface area (Å²) in [6.07, 6.45) is 0. The van der Waals surface area contributed by atoms with Crippen molar-refractivity contribution in [3.63, 3.8) is 0 Å². The molecule has 2 rings (SSSR count). The lowest BCUT2D eigenvalue weighted by Gasteiger charge is -2.15. The van der Waals surface area contributed by atoms with E-state index in [0.29, 0.717) is 6.04 Å². The van der Waals surface area contributed by atoms with Gasteiger partial charge in [0, 0.05) is 12.6 Å². The zero-order valence-corrected chi connectivity index (χ0v) is 12.3. The molecule has 0 heterocycles. The van der Waals surface area contributed by atoms with Crippen LogP contribution in [0.1, 0.15) is 40.8 Å². The highest BCUT2D eigenvalue weighted by atomic mass is 14.9. The van der Waals surface area contributed by atoms with Gasteiger partial charge >= 0.3 is 0 Å². The fourth-order valence-corrected chi connectivity index (χ4v) is 2.16. The summed E-state index contributed by atoms with van der Waals surface area (Å²) >= 11 is 0. The van der Waals surface area contributed by atoms with Crippen LogP contribution in [0, 0.1) is 20.8 Å². The normalized spacial score (nSPS) is 12.4. The first-order valence-corrected chi connectivity index (χ1v) is 6.92. The first kappa shape index (κ1) is 13.8. The van der Waals surface area contributed by atoms with E-state index < -0.39 is 0 Å². The third-order valence-electron chi connectivity index (χ3n) is 3.76. The lowest BCUT2D eigenvalue weighted by atomic mass is 10.0. The standard InChI is InChI=1S/C18H23N/c1-13-5-9-18(10-6-13)16(4)19-12-17-8-7-14(2)15(3)11-17/h5-11,16,19H,12H2,1-4H3/t16-/m1/s1. The van der Waals surface area contributed by atoms with Crippen LogP contribution in [0.5, 0.6) is 0 Å². The van der Waals surface area contributed by atoms with Gasteiger partial charge in [-0.15, -0.1) is 0 Å². The molecule has 0 saturated carbocycles. The van der Waals surface area contributed by atoms with Crippen molar-refractivity contribution in [2.75, 3.05) is 0 Å². The molecule has 0 aliphatic rings. The van der Waals surface area contributed by atoms with Gasteiger partial charge in [0.1, 0.15) is 0 Å². The number of benzene rings is 2. The molecule has 100 valence electrons. The van der Waals surface area contributed by atoms with Gasteiger partial charge in [-0.25, -0.2) is 0 Å². The molecule has 0 radical (unpaired) electrons. The van der Waals surface area contributed by atoms with Gasteiger partial charge in [-0.3, -0.25) is 0 Å². The Morgan fingerprint density at radius 1 is 0.895 bits per heavy atom. The minimum absolute atomic E-state index is 0.377. The SMILES string of the molecule is Cc1ccc([C@@H](C)NCc2ccc(C)c(C)c2)cc1. The second kappa shape index (κ2) is 6.03. The van der Waals surface area contributed by atoms with Crippen molar-refractivity contribution in [1.29, 1.82) is 0 Å². The number of hydrogen-bond donors (Lipinski definition) is 1. The number of nitrogens with one attached hydrogen (secondary N) is 1. The van der Waals surface area contributed by atoms with Crippen molar-refractivity contribution in [3.05, 3.63) is 70.3 Å². The summed E-state index contributed by atoms with van der Waals surface area (Å²) in [6, 6.07) is 15.8. The van der Waals surface area contributed by atoms with Gasteiger partial charge < -0.3 is 5.32 Å². The topological polar surface area (TPSA) is 12.0 Å². The lowest BCUT2D eigenvalue weighted by Crippen LogP contribution is -2.18. The molecule has 2 aromatic carbocycles. The molecule has 1 nitrogen and oxygen atoms in total. The zero-order chi connectivity index (χ0) is 13.8. The van der Waals surface area contributed by atoms with E-state index >= 15 is 0 Å². The summed E-state index contributed by atoms with van der Waals surface area (Å²) in [5.41, 5.74) is 6.72. The zero-order valence-electron chi connectivity index (χ0n) is 12.3. The summed E-state index contributed by atoms with van der Waals surface area (Å²) in [7, 11) is 0. The highest BCUT2D eigenvalue weighted by Gasteiger charge is 2.04. The second-order valence-electron chi connectivity index (χ2n) is 5.43. The van der Waals surface area contributed by atoms with Crippen LogP contribution < -0.4 is 5.32 Å². The largest absolute Gasteiger partial charge is 0.306 e. The second-order valence-corrected chi connectivity index (χ2v) is 5.43. The Hall–Kier alpha value is -1.60. The Morgan fingerprint density at radius 3 is 2.21 bits per heavy atom. The number of aryl methyl sites for hydroxylation is 3. The first-order chi connectivity index (χ1) is 9.06. The summed E-state index contributed by atoms with van der Waals surface area (Å²) in [4.78, 5) is 0. The van der Waals surface area contributed by atoms with Crippen LogP contribution >= 0.6 is 0 Å². The maximum atomic E-state index is 3.58. The highest BCUT2D eigenvalue weighted by Crippen LogP contribution is 2.15. The molecule has 1 N–H and O–H groups in total. The Morgan fingerprint density at radius 2 is 1.58 bits per heavy atom. The predicted molar refractivity (Wildman–Crippen MR) is 82.3 cm³/mol. The molecule has 2 aromatic rings. The van der Waals surface area contributed by atoms with Gasteiger partial charge in [-0.05, 0) is 49.9 Å². The molecule has 1 heteroatoms. The minimum atomic E-state index is 0.377. The molecule has 0 aromatic heterocycles. The Labute approximate surface area is 116 Å². The average molecular weight is 253 g/mol. The van der Waals surface area contributed by atoms with Gasteiger partial charge in [0.15, 0.2) is 0 Å². The van der Waals surface area contributed by atoms with E-state index in [1.807, 2.05) is 0 Å². The monoisotopic (exact) mass is 253 g/mol. The Bertz CT molecular complexity index is 540. The molecule has 1 atom stereocenters. The van der Waals surface area contributed by atoms with Crippen molar-refractivity contribution < 1.29 is 0 Å². The number of rotatable bonds is 4. The van der Waals surface area contributed by atoms with Crippen LogP contribution in [0.4, 0.5) is 0 Å². The third kappa shape index (κ3) is 3.68. The molecule has 0 amide bonds. The molecule has 19 heavy (non-hydrogen) atoms. The smallest absolute Gasteiger partial charge is 0.0294 e. The third-order valence-corrected chi connectivity index (χ3v) is 3.76. The molecule has 0 spiro atoms. The van der Waals surface area contributed by atoms with Gasteiger partial charge in [0.25, 0.3) is 0 Å². The Kier molecular flexibility index (Phi) is 4.39. The van der Waals surface area contributed by atoms with Crippen LogP contribution in [0.3, 0.4) is 0 Å². The van der Waals surface area contributed by atoms with Gasteiger partial charge in [-0.2, -0.15) is 0 Å². The Balaban J connectivity index is 1.98. The fourth-order valence-electron chi connectivity index (χ4n) is 2.16. The van der Waals surface area contributed by atoms with Crippen molar-refractivity contribution in [2.45, 2.75) is 40.3 Å². The van der Waals surface area contributed by atoms with Crippen molar-refractivity contribution in [2.24, 2.45) is 0 Å². The molecule has 0 aliphatic carbocycles. The van der Waals surface area contributed by atoms with Gasteiger partial charge in [0.2, 0.25) is 0 Å². The van der Waals surface area contributed by atoms with Crippen LogP contribution in [0.2, 0.25) is 0 Å². The van der Waals surface area contributed by atoms with Crippen LogP contribution in [-0.2, 0) is 6.54 Å². The van der Waals surface area contributed by atoms with E-state index in [4.69, 9.17) is 0 Å². The van der Waals surface area contributed by atoms with E-state index in [-0.39, 0.29) is 0 Å². The fraction of sp³-hybridized carbons (Fsp3) is 0.333. The van der Waals surface area contributed by atoms with Gasteiger partial charge in [-0.1, -0.05) is 48.0 Å². The molecular weight excluding hydrogens is 230 g/mol. The summed E-state index contributed by atoms with van der Waals surface area (Å²) < 4.78 is 0. The quantitative estimate of drug-likeness (QED) is 0.848. The lowest BCUT2D eigenvalue weighted by molar-refractivity contribution is 0.574. The first-order valence-electron chi connectivity index (χ1n) is 6.92. The van der Waals surface area contributed by atoms with Gasteiger partial charge in [0.05, 0.1) is 0 Å². The predicted octanol–water partition coefficient (Wildman–Crippen LogP) is 4.46. The molecule has 0 saturated heterocycles. The van der Waals surface area contributed by atoms with Crippen molar-refractivity contribution in [1.82, 2.24) is 5.32 Å².